The van der Waals surface area contributed by atoms with Crippen LogP contribution in [0.1, 0.15) is 31.4 Å². The van der Waals surface area contributed by atoms with E-state index >= 15 is 0 Å². The molecule has 0 aliphatic rings. The third kappa shape index (κ3) is 6.69. The van der Waals surface area contributed by atoms with Crippen molar-refractivity contribution in [1.82, 2.24) is 10.0 Å². The number of rotatable bonds is 9. The summed E-state index contributed by atoms with van der Waals surface area (Å²) in [5, 5.41) is 2.79. The number of hydrogen-bond acceptors (Lipinski definition) is 4. The molecular formula is C20H26N2O4S. The van der Waals surface area contributed by atoms with E-state index in [0.717, 1.165) is 11.1 Å². The van der Waals surface area contributed by atoms with Gasteiger partial charge in [-0.05, 0) is 50.1 Å². The molecule has 0 spiro atoms. The highest BCUT2D eigenvalue weighted by Crippen LogP contribution is 2.16. The van der Waals surface area contributed by atoms with Crippen LogP contribution >= 0.6 is 0 Å². The first-order chi connectivity index (χ1) is 12.8. The highest BCUT2D eigenvalue weighted by atomic mass is 32.2. The molecule has 7 heteroatoms. The third-order valence-electron chi connectivity index (χ3n) is 4.04. The van der Waals surface area contributed by atoms with Crippen molar-refractivity contribution >= 4 is 15.9 Å². The van der Waals surface area contributed by atoms with E-state index in [-0.39, 0.29) is 23.5 Å². The molecule has 2 N–H and O–H groups in total. The van der Waals surface area contributed by atoms with Crippen molar-refractivity contribution in [3.8, 4) is 5.75 Å². The predicted octanol–water partition coefficient (Wildman–Crippen LogP) is 2.77. The van der Waals surface area contributed by atoms with Crippen molar-refractivity contribution in [1.29, 1.82) is 0 Å². The minimum Gasteiger partial charge on any atom is -0.484 e. The Hall–Kier alpha value is -2.38. The van der Waals surface area contributed by atoms with E-state index in [1.165, 1.54) is 12.1 Å². The van der Waals surface area contributed by atoms with E-state index in [0.29, 0.717) is 18.7 Å². The fraction of sp³-hybridized carbons (Fsp3) is 0.350. The molecule has 6 nitrogen and oxygen atoms in total. The summed E-state index contributed by atoms with van der Waals surface area (Å²) in [4.78, 5) is 12.1. The normalized spacial score (nSPS) is 12.4. The zero-order chi connectivity index (χ0) is 19.9. The number of nitrogens with one attached hydrogen (secondary N) is 2. The van der Waals surface area contributed by atoms with Gasteiger partial charge in [0.2, 0.25) is 10.0 Å². The second kappa shape index (κ2) is 9.53. The van der Waals surface area contributed by atoms with Crippen LogP contribution in [0, 0.1) is 6.92 Å². The molecule has 2 aromatic carbocycles. The fourth-order valence-corrected chi connectivity index (χ4v) is 3.68. The van der Waals surface area contributed by atoms with Gasteiger partial charge in [0.15, 0.2) is 6.61 Å². The first-order valence-electron chi connectivity index (χ1n) is 8.87. The standard InChI is InChI=1S/C20H26N2O4S/c1-4-16(3)22-27(24,25)19-10-8-18(9-11-19)26-14-20(23)21-13-17-7-5-6-15(2)12-17/h5-12,16,22H,4,13-14H2,1-3H3,(H,21,23). The number of ether oxygens (including phenoxy) is 1. The van der Waals surface area contributed by atoms with Crippen LogP contribution in [0.15, 0.2) is 53.4 Å². The van der Waals surface area contributed by atoms with E-state index in [1.807, 2.05) is 45.0 Å². The van der Waals surface area contributed by atoms with Crippen LogP contribution in [0.5, 0.6) is 5.75 Å². The highest BCUT2D eigenvalue weighted by Gasteiger charge is 2.16. The number of amides is 1. The van der Waals surface area contributed by atoms with Gasteiger partial charge >= 0.3 is 0 Å². The molecule has 0 aliphatic heterocycles. The average Bonchev–Trinajstić information content (AvgIpc) is 2.64. The lowest BCUT2D eigenvalue weighted by Gasteiger charge is -2.12. The van der Waals surface area contributed by atoms with Crippen LogP contribution in [0.25, 0.3) is 0 Å². The van der Waals surface area contributed by atoms with Gasteiger partial charge in [-0.15, -0.1) is 0 Å². The molecule has 146 valence electrons. The van der Waals surface area contributed by atoms with Crippen molar-refractivity contribution < 1.29 is 17.9 Å². The van der Waals surface area contributed by atoms with Gasteiger partial charge in [-0.25, -0.2) is 13.1 Å². The van der Waals surface area contributed by atoms with Crippen molar-refractivity contribution in [2.24, 2.45) is 0 Å². The second-order valence-corrected chi connectivity index (χ2v) is 8.17. The van der Waals surface area contributed by atoms with Crippen LogP contribution in [0.4, 0.5) is 0 Å². The van der Waals surface area contributed by atoms with Gasteiger partial charge in [-0.1, -0.05) is 36.8 Å². The van der Waals surface area contributed by atoms with Gasteiger partial charge < -0.3 is 10.1 Å². The molecule has 0 saturated carbocycles. The number of sulfonamides is 1. The zero-order valence-corrected chi connectivity index (χ0v) is 16.7. The molecule has 1 atom stereocenters. The van der Waals surface area contributed by atoms with E-state index < -0.39 is 10.0 Å². The Balaban J connectivity index is 1.84. The molecule has 2 rings (SSSR count). The quantitative estimate of drug-likeness (QED) is 0.690. The number of carbonyl (C=O) groups excluding carboxylic acids is 1. The largest absolute Gasteiger partial charge is 0.484 e. The smallest absolute Gasteiger partial charge is 0.258 e. The Labute approximate surface area is 161 Å². The number of hydrogen-bond donors (Lipinski definition) is 2. The molecule has 0 bridgehead atoms. The number of carbonyl (C=O) groups is 1. The highest BCUT2D eigenvalue weighted by molar-refractivity contribution is 7.89. The Morgan fingerprint density at radius 3 is 2.48 bits per heavy atom. The maximum Gasteiger partial charge on any atom is 0.258 e. The minimum absolute atomic E-state index is 0.136. The SMILES string of the molecule is CCC(C)NS(=O)(=O)c1ccc(OCC(=O)NCc2cccc(C)c2)cc1. The van der Waals surface area contributed by atoms with Crippen LogP contribution in [-0.4, -0.2) is 27.0 Å². The van der Waals surface area contributed by atoms with E-state index in [4.69, 9.17) is 4.74 Å². The maximum absolute atomic E-state index is 12.2. The number of aryl methyl sites for hydroxylation is 1. The summed E-state index contributed by atoms with van der Waals surface area (Å²) < 4.78 is 32.4. The van der Waals surface area contributed by atoms with Crippen molar-refractivity contribution in [2.45, 2.75) is 44.7 Å². The second-order valence-electron chi connectivity index (χ2n) is 6.46. The van der Waals surface area contributed by atoms with E-state index in [9.17, 15) is 13.2 Å². The lowest BCUT2D eigenvalue weighted by molar-refractivity contribution is -0.123. The summed E-state index contributed by atoms with van der Waals surface area (Å²) in [6, 6.07) is 13.8. The molecule has 27 heavy (non-hydrogen) atoms. The summed E-state index contributed by atoms with van der Waals surface area (Å²) in [6.07, 6.45) is 0.706. The fourth-order valence-electron chi connectivity index (χ4n) is 2.35. The van der Waals surface area contributed by atoms with Crippen molar-refractivity contribution in [3.63, 3.8) is 0 Å². The summed E-state index contributed by atoms with van der Waals surface area (Å²) in [5.74, 6) is 0.190. The van der Waals surface area contributed by atoms with E-state index in [1.54, 1.807) is 12.1 Å². The lowest BCUT2D eigenvalue weighted by Crippen LogP contribution is -2.32. The van der Waals surface area contributed by atoms with Gasteiger partial charge in [0, 0.05) is 12.6 Å². The molecule has 0 aliphatic carbocycles. The molecule has 0 fully saturated rings. The molecule has 0 radical (unpaired) electrons. The first-order valence-corrected chi connectivity index (χ1v) is 10.4. The van der Waals surface area contributed by atoms with Crippen LogP contribution < -0.4 is 14.8 Å². The Bertz CT molecular complexity index is 864. The van der Waals surface area contributed by atoms with Crippen LogP contribution in [0.3, 0.4) is 0 Å². The van der Waals surface area contributed by atoms with Crippen molar-refractivity contribution in [2.75, 3.05) is 6.61 Å². The lowest BCUT2D eigenvalue weighted by atomic mass is 10.1. The zero-order valence-electron chi connectivity index (χ0n) is 15.9. The molecular weight excluding hydrogens is 364 g/mol. The first kappa shape index (κ1) is 20.9. The van der Waals surface area contributed by atoms with Gasteiger partial charge in [-0.2, -0.15) is 0 Å². The Morgan fingerprint density at radius 2 is 1.85 bits per heavy atom. The summed E-state index contributed by atoms with van der Waals surface area (Å²) >= 11 is 0. The van der Waals surface area contributed by atoms with Crippen LogP contribution in [0.2, 0.25) is 0 Å². The molecule has 0 saturated heterocycles. The Kier molecular flexibility index (Phi) is 7.38. The molecule has 1 unspecified atom stereocenters. The van der Waals surface area contributed by atoms with Gasteiger partial charge in [0.25, 0.3) is 5.91 Å². The summed E-state index contributed by atoms with van der Waals surface area (Å²) in [7, 11) is -3.55. The average molecular weight is 391 g/mol. The monoisotopic (exact) mass is 390 g/mol. The molecule has 0 heterocycles. The summed E-state index contributed by atoms with van der Waals surface area (Å²) in [5.41, 5.74) is 2.16. The summed E-state index contributed by atoms with van der Waals surface area (Å²) in [6.45, 7) is 6.01. The predicted molar refractivity (Wildman–Crippen MR) is 105 cm³/mol. The minimum atomic E-state index is -3.55. The van der Waals surface area contributed by atoms with E-state index in [2.05, 4.69) is 10.0 Å². The van der Waals surface area contributed by atoms with Gasteiger partial charge in [0.1, 0.15) is 5.75 Å². The number of benzene rings is 2. The Morgan fingerprint density at radius 1 is 1.15 bits per heavy atom. The molecule has 2 aromatic rings. The van der Waals surface area contributed by atoms with Crippen molar-refractivity contribution in [3.05, 3.63) is 59.7 Å². The molecule has 0 aromatic heterocycles. The van der Waals surface area contributed by atoms with Crippen LogP contribution in [-0.2, 0) is 21.4 Å². The van der Waals surface area contributed by atoms with Gasteiger partial charge in [-0.3, -0.25) is 4.79 Å². The van der Waals surface area contributed by atoms with Gasteiger partial charge in [0.05, 0.1) is 4.90 Å². The third-order valence-corrected chi connectivity index (χ3v) is 5.65. The topological polar surface area (TPSA) is 84.5 Å². The molecule has 1 amide bonds. The maximum atomic E-state index is 12.2.